The monoisotopic (exact) mass is 272 g/mol. The third-order valence-corrected chi connectivity index (χ3v) is 3.43. The van der Waals surface area contributed by atoms with Crippen LogP contribution in [-0.2, 0) is 16.0 Å². The number of carbonyl (C=O) groups excluding carboxylic acids is 2. The Morgan fingerprint density at radius 2 is 2.29 bits per heavy atom. The second-order valence-corrected chi connectivity index (χ2v) is 4.95. The van der Waals surface area contributed by atoms with Crippen LogP contribution in [0.1, 0.15) is 11.8 Å². The van der Waals surface area contributed by atoms with Gasteiger partial charge in [0.05, 0.1) is 0 Å². The van der Waals surface area contributed by atoms with Crippen LogP contribution in [0, 0.1) is 0 Å². The van der Waals surface area contributed by atoms with Gasteiger partial charge in [-0.25, -0.2) is 0 Å². The summed E-state index contributed by atoms with van der Waals surface area (Å²) in [6, 6.07) is 3.45. The summed E-state index contributed by atoms with van der Waals surface area (Å²) >= 11 is 5.70. The molecule has 1 aromatic heterocycles. The highest BCUT2D eigenvalue weighted by Gasteiger charge is 2.16. The SMILES string of the molecule is CC(=O)NC(CS)C(=O)NCCc1cccs1. The van der Waals surface area contributed by atoms with Crippen LogP contribution in [-0.4, -0.2) is 30.2 Å². The molecular formula is C11H16N2O2S2. The molecule has 94 valence electrons. The van der Waals surface area contributed by atoms with Crippen LogP contribution in [0.15, 0.2) is 17.5 Å². The number of hydrogen-bond donors (Lipinski definition) is 3. The van der Waals surface area contributed by atoms with Gasteiger partial charge in [0.2, 0.25) is 11.8 Å². The molecule has 0 saturated heterocycles. The van der Waals surface area contributed by atoms with E-state index >= 15 is 0 Å². The van der Waals surface area contributed by atoms with E-state index < -0.39 is 6.04 Å². The van der Waals surface area contributed by atoms with Crippen LogP contribution < -0.4 is 10.6 Å². The minimum atomic E-state index is -0.556. The Bertz CT molecular complexity index is 366. The highest BCUT2D eigenvalue weighted by atomic mass is 32.1. The first-order valence-electron chi connectivity index (χ1n) is 5.31. The average molecular weight is 272 g/mol. The van der Waals surface area contributed by atoms with Gasteiger partial charge in [0.1, 0.15) is 6.04 Å². The molecule has 0 aliphatic carbocycles. The number of carbonyl (C=O) groups is 2. The smallest absolute Gasteiger partial charge is 0.243 e. The minimum Gasteiger partial charge on any atom is -0.354 e. The molecule has 0 bridgehead atoms. The Hall–Kier alpha value is -1.01. The molecule has 1 atom stereocenters. The van der Waals surface area contributed by atoms with Crippen molar-refractivity contribution in [2.45, 2.75) is 19.4 Å². The first-order chi connectivity index (χ1) is 8.13. The molecule has 0 saturated carbocycles. The maximum absolute atomic E-state index is 11.7. The Kier molecular flexibility index (Phi) is 6.07. The van der Waals surface area contributed by atoms with E-state index in [-0.39, 0.29) is 11.8 Å². The zero-order chi connectivity index (χ0) is 12.7. The summed E-state index contributed by atoms with van der Waals surface area (Å²) in [5, 5.41) is 7.33. The predicted molar refractivity (Wildman–Crippen MR) is 72.5 cm³/mol. The maximum atomic E-state index is 11.7. The largest absolute Gasteiger partial charge is 0.354 e. The van der Waals surface area contributed by atoms with Crippen molar-refractivity contribution in [3.05, 3.63) is 22.4 Å². The van der Waals surface area contributed by atoms with Gasteiger partial charge in [-0.1, -0.05) is 6.07 Å². The third-order valence-electron chi connectivity index (χ3n) is 2.13. The molecule has 0 aromatic carbocycles. The Morgan fingerprint density at radius 3 is 2.82 bits per heavy atom. The summed E-state index contributed by atoms with van der Waals surface area (Å²) < 4.78 is 0. The highest BCUT2D eigenvalue weighted by molar-refractivity contribution is 7.80. The number of hydrogen-bond acceptors (Lipinski definition) is 4. The summed E-state index contributed by atoms with van der Waals surface area (Å²) in [6.45, 7) is 1.96. The predicted octanol–water partition coefficient (Wildman–Crippen LogP) is 0.841. The Balaban J connectivity index is 2.29. The first kappa shape index (κ1) is 14.1. The van der Waals surface area contributed by atoms with Gasteiger partial charge >= 0.3 is 0 Å². The van der Waals surface area contributed by atoms with Crippen LogP contribution in [0.25, 0.3) is 0 Å². The topological polar surface area (TPSA) is 58.2 Å². The molecule has 6 heteroatoms. The number of thiol groups is 1. The van der Waals surface area contributed by atoms with Gasteiger partial charge in [-0.05, 0) is 17.9 Å². The molecule has 17 heavy (non-hydrogen) atoms. The lowest BCUT2D eigenvalue weighted by Crippen LogP contribution is -2.47. The number of nitrogens with one attached hydrogen (secondary N) is 2. The van der Waals surface area contributed by atoms with Gasteiger partial charge in [-0.2, -0.15) is 12.6 Å². The van der Waals surface area contributed by atoms with Crippen LogP contribution in [0.2, 0.25) is 0 Å². The van der Waals surface area contributed by atoms with Crippen molar-refractivity contribution in [3.8, 4) is 0 Å². The number of rotatable bonds is 6. The fraction of sp³-hybridized carbons (Fsp3) is 0.455. The summed E-state index contributed by atoms with van der Waals surface area (Å²) in [7, 11) is 0. The van der Waals surface area contributed by atoms with Crippen molar-refractivity contribution in [3.63, 3.8) is 0 Å². The fourth-order valence-electron chi connectivity index (χ4n) is 1.33. The third kappa shape index (κ3) is 5.23. The molecule has 1 unspecified atom stereocenters. The molecule has 0 fully saturated rings. The second-order valence-electron chi connectivity index (χ2n) is 3.56. The highest BCUT2D eigenvalue weighted by Crippen LogP contribution is 2.08. The van der Waals surface area contributed by atoms with Gasteiger partial charge in [-0.3, -0.25) is 9.59 Å². The summed E-state index contributed by atoms with van der Waals surface area (Å²) in [4.78, 5) is 23.8. The maximum Gasteiger partial charge on any atom is 0.243 e. The van der Waals surface area contributed by atoms with Crippen molar-refractivity contribution in [2.75, 3.05) is 12.3 Å². The molecule has 0 spiro atoms. The lowest BCUT2D eigenvalue weighted by atomic mass is 10.3. The van der Waals surface area contributed by atoms with E-state index in [4.69, 9.17) is 0 Å². The van der Waals surface area contributed by atoms with Crippen LogP contribution in [0.3, 0.4) is 0 Å². The summed E-state index contributed by atoms with van der Waals surface area (Å²) in [5.41, 5.74) is 0. The van der Waals surface area contributed by atoms with Crippen molar-refractivity contribution in [1.82, 2.24) is 10.6 Å². The lowest BCUT2D eigenvalue weighted by Gasteiger charge is -2.14. The summed E-state index contributed by atoms with van der Waals surface area (Å²) in [5.74, 6) is -0.117. The molecular weight excluding hydrogens is 256 g/mol. The zero-order valence-corrected chi connectivity index (χ0v) is 11.3. The molecule has 4 nitrogen and oxygen atoms in total. The van der Waals surface area contributed by atoms with Crippen LogP contribution in [0.4, 0.5) is 0 Å². The van der Waals surface area contributed by atoms with E-state index in [2.05, 4.69) is 23.3 Å². The van der Waals surface area contributed by atoms with Gasteiger partial charge in [0, 0.05) is 24.1 Å². The van der Waals surface area contributed by atoms with Crippen LogP contribution in [0.5, 0.6) is 0 Å². The zero-order valence-electron chi connectivity index (χ0n) is 9.60. The standard InChI is InChI=1S/C11H16N2O2S2/c1-8(14)13-10(7-16)11(15)12-5-4-9-3-2-6-17-9/h2-3,6,10,16H,4-5,7H2,1H3,(H,12,15)(H,13,14). The Labute approximate surface area is 110 Å². The normalized spacial score (nSPS) is 11.9. The fourth-order valence-corrected chi connectivity index (χ4v) is 2.29. The molecule has 0 aliphatic heterocycles. The first-order valence-corrected chi connectivity index (χ1v) is 6.82. The Morgan fingerprint density at radius 1 is 1.53 bits per heavy atom. The average Bonchev–Trinajstić information content (AvgIpc) is 2.78. The molecule has 1 rings (SSSR count). The number of thiophene rings is 1. The van der Waals surface area contributed by atoms with Crippen molar-refractivity contribution < 1.29 is 9.59 Å². The van der Waals surface area contributed by atoms with Gasteiger partial charge in [0.25, 0.3) is 0 Å². The second kappa shape index (κ2) is 7.34. The minimum absolute atomic E-state index is 0.188. The van der Waals surface area contributed by atoms with E-state index in [9.17, 15) is 9.59 Å². The number of amides is 2. The molecule has 2 N–H and O–H groups in total. The van der Waals surface area contributed by atoms with Gasteiger partial charge < -0.3 is 10.6 Å². The van der Waals surface area contributed by atoms with Gasteiger partial charge in [-0.15, -0.1) is 11.3 Å². The van der Waals surface area contributed by atoms with E-state index in [0.29, 0.717) is 12.3 Å². The molecule has 0 radical (unpaired) electrons. The van der Waals surface area contributed by atoms with E-state index in [1.807, 2.05) is 17.5 Å². The molecule has 1 heterocycles. The molecule has 1 aromatic rings. The van der Waals surface area contributed by atoms with Crippen molar-refractivity contribution >= 4 is 35.8 Å². The summed E-state index contributed by atoms with van der Waals surface area (Å²) in [6.07, 6.45) is 0.808. The van der Waals surface area contributed by atoms with Gasteiger partial charge in [0.15, 0.2) is 0 Å². The quantitative estimate of drug-likeness (QED) is 0.672. The van der Waals surface area contributed by atoms with Crippen molar-refractivity contribution in [1.29, 1.82) is 0 Å². The van der Waals surface area contributed by atoms with E-state index in [1.165, 1.54) is 11.8 Å². The van der Waals surface area contributed by atoms with E-state index in [1.54, 1.807) is 11.3 Å². The lowest BCUT2D eigenvalue weighted by molar-refractivity contribution is -0.127. The van der Waals surface area contributed by atoms with E-state index in [0.717, 1.165) is 6.42 Å². The molecule has 0 aliphatic rings. The van der Waals surface area contributed by atoms with Crippen molar-refractivity contribution in [2.24, 2.45) is 0 Å². The van der Waals surface area contributed by atoms with Crippen LogP contribution >= 0.6 is 24.0 Å². The molecule has 2 amide bonds.